The van der Waals surface area contributed by atoms with Gasteiger partial charge in [0.25, 0.3) is 5.91 Å². The van der Waals surface area contributed by atoms with Crippen molar-refractivity contribution in [1.29, 1.82) is 10.5 Å². The van der Waals surface area contributed by atoms with Gasteiger partial charge >= 0.3 is 0 Å². The molecule has 1 saturated heterocycles. The maximum atomic E-state index is 10.2. The van der Waals surface area contributed by atoms with E-state index in [0.29, 0.717) is 13.2 Å². The van der Waals surface area contributed by atoms with Crippen LogP contribution in [0.25, 0.3) is 0 Å². The molecule has 2 N–H and O–H groups in total. The van der Waals surface area contributed by atoms with Crippen LogP contribution >= 0.6 is 0 Å². The minimum absolute atomic E-state index is 0.108. The number of fused-ring (bicyclic) bond motifs is 2. The zero-order valence-corrected chi connectivity index (χ0v) is 16.9. The number of ether oxygens (including phenoxy) is 3. The van der Waals surface area contributed by atoms with Crippen LogP contribution in [0.4, 0.5) is 0 Å². The average Bonchev–Trinajstić information content (AvgIpc) is 3.11. The molecular weight excluding hydrogens is 368 g/mol. The molecule has 7 nitrogen and oxygen atoms in total. The van der Waals surface area contributed by atoms with E-state index in [-0.39, 0.29) is 11.9 Å². The van der Waals surface area contributed by atoms with Crippen LogP contribution in [0.5, 0.6) is 5.75 Å². The second-order valence-electron chi connectivity index (χ2n) is 8.07. The third kappa shape index (κ3) is 2.51. The maximum Gasteiger partial charge on any atom is 0.293 e. The van der Waals surface area contributed by atoms with E-state index in [0.717, 1.165) is 24.2 Å². The number of hydrogen-bond donors (Lipinski definition) is 1. The number of unbranched alkanes of at least 4 members (excludes halogenated alkanes) is 3. The van der Waals surface area contributed by atoms with Gasteiger partial charge in [-0.05, 0) is 31.0 Å². The molecule has 2 fully saturated rings. The number of hydrogen-bond acceptors (Lipinski definition) is 7. The van der Waals surface area contributed by atoms with Crippen LogP contribution in [-0.4, -0.2) is 31.1 Å². The Bertz CT molecular complexity index is 902. The summed E-state index contributed by atoms with van der Waals surface area (Å²) in [6, 6.07) is 12.1. The van der Waals surface area contributed by atoms with Crippen molar-refractivity contribution < 1.29 is 14.2 Å². The number of nitriles is 2. The molecule has 0 radical (unpaired) electrons. The number of nitrogens with two attached hydrogens (primary N) is 1. The van der Waals surface area contributed by atoms with Crippen molar-refractivity contribution in [3.05, 3.63) is 29.8 Å². The summed E-state index contributed by atoms with van der Waals surface area (Å²) in [5.41, 5.74) is 4.48. The first-order valence-electron chi connectivity index (χ1n) is 10.2. The molecule has 1 saturated carbocycles. The van der Waals surface area contributed by atoms with Gasteiger partial charge in [0.2, 0.25) is 0 Å². The van der Waals surface area contributed by atoms with Crippen LogP contribution in [0, 0.1) is 33.5 Å². The van der Waals surface area contributed by atoms with E-state index >= 15 is 0 Å². The number of rotatable bonds is 7. The lowest BCUT2D eigenvalue weighted by Gasteiger charge is -2.26. The van der Waals surface area contributed by atoms with Crippen molar-refractivity contribution in [3.8, 4) is 17.9 Å². The van der Waals surface area contributed by atoms with Gasteiger partial charge in [-0.15, -0.1) is 0 Å². The highest BCUT2D eigenvalue weighted by Crippen LogP contribution is 2.82. The number of aliphatic imine (C=N–C) groups is 1. The molecule has 1 spiro atoms. The van der Waals surface area contributed by atoms with E-state index in [1.807, 2.05) is 31.2 Å². The van der Waals surface area contributed by atoms with Crippen LogP contribution in [-0.2, 0) is 9.47 Å². The molecule has 0 bridgehead atoms. The van der Waals surface area contributed by atoms with Crippen molar-refractivity contribution in [3.63, 3.8) is 0 Å². The minimum atomic E-state index is -1.51. The van der Waals surface area contributed by atoms with E-state index in [4.69, 9.17) is 19.9 Å². The van der Waals surface area contributed by atoms with Gasteiger partial charge in [0, 0.05) is 5.92 Å². The first-order valence-corrected chi connectivity index (χ1v) is 10.2. The Kier molecular flexibility index (Phi) is 4.77. The van der Waals surface area contributed by atoms with E-state index in [9.17, 15) is 10.5 Å². The van der Waals surface area contributed by atoms with E-state index in [1.54, 1.807) is 0 Å². The van der Waals surface area contributed by atoms with Crippen molar-refractivity contribution >= 4 is 5.84 Å². The summed E-state index contributed by atoms with van der Waals surface area (Å²) in [6.45, 7) is 5.01. The molecule has 29 heavy (non-hydrogen) atoms. The largest absolute Gasteiger partial charge is 0.494 e. The van der Waals surface area contributed by atoms with E-state index in [1.165, 1.54) is 12.8 Å². The van der Waals surface area contributed by atoms with Crippen LogP contribution in [0.3, 0.4) is 0 Å². The molecule has 1 aliphatic carbocycles. The maximum absolute atomic E-state index is 10.2. The molecule has 7 heteroatoms. The summed E-state index contributed by atoms with van der Waals surface area (Å²) in [4.78, 5) is 4.33. The molecule has 152 valence electrons. The van der Waals surface area contributed by atoms with Gasteiger partial charge in [0.05, 0.1) is 31.5 Å². The Labute approximate surface area is 171 Å². The molecule has 0 aromatic heterocycles. The van der Waals surface area contributed by atoms with Gasteiger partial charge in [-0.3, -0.25) is 0 Å². The first-order chi connectivity index (χ1) is 14.0. The summed E-state index contributed by atoms with van der Waals surface area (Å²) in [5.74, 6) is -1.10. The average molecular weight is 394 g/mol. The molecule has 2 heterocycles. The molecule has 0 amide bonds. The number of nitrogens with zero attached hydrogens (tertiary/aromatic N) is 3. The van der Waals surface area contributed by atoms with Gasteiger partial charge in [0.15, 0.2) is 5.41 Å². The summed E-state index contributed by atoms with van der Waals surface area (Å²) in [7, 11) is 0. The normalized spacial score (nSPS) is 36.9. The standard InChI is InChI=1S/C22H26N4O3/c1-3-4-5-6-11-27-17-9-7-16(8-10-17)18-20(13-23)19(25)26-22(21(18,20)14-24)28-12-15(2)29-22/h7-10,15,18H,3-6,11-12H2,1-2H3,(H2,25,26). The van der Waals surface area contributed by atoms with Crippen LogP contribution < -0.4 is 10.5 Å². The summed E-state index contributed by atoms with van der Waals surface area (Å²) in [6.07, 6.45) is 4.36. The third-order valence-corrected chi connectivity index (χ3v) is 6.28. The Morgan fingerprint density at radius 1 is 1.21 bits per heavy atom. The number of benzene rings is 1. The fourth-order valence-electron chi connectivity index (χ4n) is 4.84. The van der Waals surface area contributed by atoms with Gasteiger partial charge < -0.3 is 19.9 Å². The molecule has 1 aromatic rings. The Morgan fingerprint density at radius 3 is 2.55 bits per heavy atom. The molecular formula is C22H26N4O3. The summed E-state index contributed by atoms with van der Waals surface area (Å²) < 4.78 is 17.6. The fraction of sp³-hybridized carbons (Fsp3) is 0.591. The Hall–Kier alpha value is -2.61. The highest BCUT2D eigenvalue weighted by molar-refractivity contribution is 6.00. The van der Waals surface area contributed by atoms with Crippen LogP contribution in [0.15, 0.2) is 29.3 Å². The van der Waals surface area contributed by atoms with Gasteiger partial charge in [-0.1, -0.05) is 38.3 Å². The topological polar surface area (TPSA) is 114 Å². The zero-order valence-electron chi connectivity index (χ0n) is 16.9. The predicted octanol–water partition coefficient (Wildman–Crippen LogP) is 3.22. The SMILES string of the molecule is CCCCCCOc1ccc(C2C3(C#N)C(N)=NC4(OCC(C)O4)C23C#N)cc1. The van der Waals surface area contributed by atoms with Gasteiger partial charge in [-0.2, -0.15) is 10.5 Å². The second kappa shape index (κ2) is 7.02. The minimum Gasteiger partial charge on any atom is -0.494 e. The first kappa shape index (κ1) is 19.7. The lowest BCUT2D eigenvalue weighted by atomic mass is 9.94. The fourth-order valence-corrected chi connectivity index (χ4v) is 4.84. The molecule has 3 aliphatic rings. The molecule has 2 aliphatic heterocycles. The predicted molar refractivity (Wildman–Crippen MR) is 106 cm³/mol. The lowest BCUT2D eigenvalue weighted by molar-refractivity contribution is -0.193. The smallest absolute Gasteiger partial charge is 0.293 e. The lowest BCUT2D eigenvalue weighted by Crippen LogP contribution is -2.39. The molecule has 5 unspecified atom stereocenters. The van der Waals surface area contributed by atoms with E-state index < -0.39 is 22.7 Å². The van der Waals surface area contributed by atoms with E-state index in [2.05, 4.69) is 24.1 Å². The van der Waals surface area contributed by atoms with Crippen molar-refractivity contribution in [2.24, 2.45) is 21.6 Å². The van der Waals surface area contributed by atoms with Crippen LogP contribution in [0.2, 0.25) is 0 Å². The highest BCUT2D eigenvalue weighted by atomic mass is 16.8. The third-order valence-electron chi connectivity index (χ3n) is 6.28. The Balaban J connectivity index is 1.57. The second-order valence-corrected chi connectivity index (χ2v) is 8.07. The van der Waals surface area contributed by atoms with Crippen molar-refractivity contribution in [2.45, 2.75) is 57.5 Å². The quantitative estimate of drug-likeness (QED) is 0.710. The Morgan fingerprint density at radius 2 is 1.97 bits per heavy atom. The molecule has 4 rings (SSSR count). The van der Waals surface area contributed by atoms with Crippen molar-refractivity contribution in [1.82, 2.24) is 0 Å². The van der Waals surface area contributed by atoms with Crippen molar-refractivity contribution in [2.75, 3.05) is 13.2 Å². The zero-order chi connectivity index (χ0) is 20.7. The van der Waals surface area contributed by atoms with Gasteiger partial charge in [0.1, 0.15) is 17.0 Å². The van der Waals surface area contributed by atoms with Gasteiger partial charge in [-0.25, -0.2) is 4.99 Å². The highest BCUT2D eigenvalue weighted by Gasteiger charge is 2.94. The summed E-state index contributed by atoms with van der Waals surface area (Å²) in [5, 5.41) is 20.2. The number of amidine groups is 1. The summed E-state index contributed by atoms with van der Waals surface area (Å²) >= 11 is 0. The molecule has 5 atom stereocenters. The molecule has 1 aromatic carbocycles. The monoisotopic (exact) mass is 394 g/mol. The van der Waals surface area contributed by atoms with Crippen LogP contribution in [0.1, 0.15) is 51.0 Å².